The molecule has 0 fully saturated rings. The molecule has 0 radical (unpaired) electrons. The summed E-state index contributed by atoms with van der Waals surface area (Å²) in [6.07, 6.45) is 4.20. The van der Waals surface area contributed by atoms with E-state index in [2.05, 4.69) is 10.3 Å². The summed E-state index contributed by atoms with van der Waals surface area (Å²) in [6, 6.07) is 11.8. The molecule has 1 aromatic heterocycles. The Morgan fingerprint density at radius 1 is 1.04 bits per heavy atom. The summed E-state index contributed by atoms with van der Waals surface area (Å²) in [5.41, 5.74) is 2.18. The number of hydrogen-bond acceptors (Lipinski definition) is 3. The molecule has 0 spiro atoms. The van der Waals surface area contributed by atoms with E-state index in [1.807, 2.05) is 43.3 Å². The monoisotopic (exact) mass is 353 g/mol. The van der Waals surface area contributed by atoms with E-state index < -0.39 is 5.41 Å². The molecule has 1 heterocycles. The number of aromatic nitrogens is 1. The Morgan fingerprint density at radius 2 is 1.65 bits per heavy atom. The summed E-state index contributed by atoms with van der Waals surface area (Å²) in [5.74, 6) is -0.452. The Bertz CT molecular complexity index is 740. The number of carbonyl (C=O) groups is 2. The van der Waals surface area contributed by atoms with Crippen LogP contribution in [0.4, 0.5) is 0 Å². The maximum absolute atomic E-state index is 12.7. The summed E-state index contributed by atoms with van der Waals surface area (Å²) in [4.78, 5) is 30.9. The van der Waals surface area contributed by atoms with Gasteiger partial charge in [0.25, 0.3) is 0 Å². The van der Waals surface area contributed by atoms with Gasteiger partial charge >= 0.3 is 0 Å². The molecule has 0 aliphatic heterocycles. The smallest absolute Gasteiger partial charge is 0.237 e. The fourth-order valence-corrected chi connectivity index (χ4v) is 2.63. The summed E-state index contributed by atoms with van der Waals surface area (Å²) < 4.78 is 0. The first-order valence-corrected chi connectivity index (χ1v) is 8.79. The van der Waals surface area contributed by atoms with Crippen molar-refractivity contribution in [2.45, 2.75) is 33.7 Å². The molecule has 1 aromatic carbocycles. The number of aryl methyl sites for hydroxylation is 1. The van der Waals surface area contributed by atoms with E-state index in [0.717, 1.165) is 17.5 Å². The maximum atomic E-state index is 12.7. The quantitative estimate of drug-likeness (QED) is 0.779. The van der Waals surface area contributed by atoms with Crippen molar-refractivity contribution >= 4 is 11.8 Å². The number of hydrogen-bond donors (Lipinski definition) is 1. The van der Waals surface area contributed by atoms with Gasteiger partial charge in [0.1, 0.15) is 5.41 Å². The Hall–Kier alpha value is -2.69. The predicted molar refractivity (Wildman–Crippen MR) is 102 cm³/mol. The van der Waals surface area contributed by atoms with E-state index in [1.165, 1.54) is 5.56 Å². The third kappa shape index (κ3) is 5.15. The second kappa shape index (κ2) is 8.61. The van der Waals surface area contributed by atoms with Gasteiger partial charge in [-0.15, -0.1) is 0 Å². The molecule has 0 saturated heterocycles. The van der Waals surface area contributed by atoms with Gasteiger partial charge in [0.15, 0.2) is 0 Å². The average molecular weight is 353 g/mol. The van der Waals surface area contributed by atoms with Crippen molar-refractivity contribution in [3.8, 4) is 0 Å². The number of nitrogens with zero attached hydrogens (tertiary/aromatic N) is 2. The van der Waals surface area contributed by atoms with Gasteiger partial charge in [0.05, 0.1) is 0 Å². The van der Waals surface area contributed by atoms with Crippen LogP contribution in [0.3, 0.4) is 0 Å². The number of nitrogens with one attached hydrogen (secondary N) is 1. The van der Waals surface area contributed by atoms with E-state index in [-0.39, 0.29) is 11.8 Å². The first-order chi connectivity index (χ1) is 12.3. The lowest BCUT2D eigenvalue weighted by atomic mass is 9.90. The topological polar surface area (TPSA) is 62.3 Å². The summed E-state index contributed by atoms with van der Waals surface area (Å²) >= 11 is 0. The van der Waals surface area contributed by atoms with Crippen LogP contribution in [0.2, 0.25) is 0 Å². The minimum atomic E-state index is -1.11. The predicted octanol–water partition coefficient (Wildman–Crippen LogP) is 2.73. The van der Waals surface area contributed by atoms with E-state index in [0.29, 0.717) is 13.1 Å². The van der Waals surface area contributed by atoms with Crippen molar-refractivity contribution in [1.82, 2.24) is 15.2 Å². The molecule has 0 bridgehead atoms. The second-order valence-electron chi connectivity index (χ2n) is 7.13. The van der Waals surface area contributed by atoms with Crippen LogP contribution in [-0.2, 0) is 22.6 Å². The summed E-state index contributed by atoms with van der Waals surface area (Å²) in [6.45, 7) is 6.32. The Kier molecular flexibility index (Phi) is 6.50. The third-order valence-electron chi connectivity index (χ3n) is 4.51. The van der Waals surface area contributed by atoms with Crippen molar-refractivity contribution in [2.75, 3.05) is 13.6 Å². The molecular formula is C21H27N3O2. The maximum Gasteiger partial charge on any atom is 0.237 e. The highest BCUT2D eigenvalue weighted by Gasteiger charge is 2.37. The van der Waals surface area contributed by atoms with Gasteiger partial charge in [-0.25, -0.2) is 0 Å². The van der Waals surface area contributed by atoms with Gasteiger partial charge in [0, 0.05) is 32.5 Å². The summed E-state index contributed by atoms with van der Waals surface area (Å²) in [7, 11) is 1.73. The van der Waals surface area contributed by atoms with Crippen LogP contribution in [0.1, 0.15) is 30.5 Å². The highest BCUT2D eigenvalue weighted by molar-refractivity contribution is 6.04. The van der Waals surface area contributed by atoms with E-state index in [4.69, 9.17) is 0 Å². The van der Waals surface area contributed by atoms with Crippen LogP contribution in [0.5, 0.6) is 0 Å². The lowest BCUT2D eigenvalue weighted by molar-refractivity contribution is -0.147. The molecule has 0 aliphatic carbocycles. The molecule has 138 valence electrons. The van der Waals surface area contributed by atoms with Crippen molar-refractivity contribution in [3.63, 3.8) is 0 Å². The van der Waals surface area contributed by atoms with Crippen LogP contribution in [-0.4, -0.2) is 35.3 Å². The Labute approximate surface area is 155 Å². The first kappa shape index (κ1) is 19.6. The Morgan fingerprint density at radius 3 is 2.27 bits per heavy atom. The highest BCUT2D eigenvalue weighted by atomic mass is 16.2. The van der Waals surface area contributed by atoms with Gasteiger partial charge < -0.3 is 10.2 Å². The molecule has 5 heteroatoms. The van der Waals surface area contributed by atoms with Crippen LogP contribution in [0.25, 0.3) is 0 Å². The molecule has 0 unspecified atom stereocenters. The average Bonchev–Trinajstić information content (AvgIpc) is 2.65. The van der Waals surface area contributed by atoms with Crippen LogP contribution >= 0.6 is 0 Å². The minimum absolute atomic E-state index is 0.187. The molecular weight excluding hydrogens is 326 g/mol. The molecule has 0 atom stereocenters. The largest absolute Gasteiger partial charge is 0.351 e. The zero-order chi connectivity index (χ0) is 19.2. The van der Waals surface area contributed by atoms with Gasteiger partial charge in [-0.2, -0.15) is 0 Å². The zero-order valence-electron chi connectivity index (χ0n) is 16.0. The van der Waals surface area contributed by atoms with Crippen molar-refractivity contribution in [3.05, 3.63) is 65.5 Å². The lowest BCUT2D eigenvalue weighted by Crippen LogP contribution is -2.48. The van der Waals surface area contributed by atoms with Gasteiger partial charge in [-0.05, 0) is 50.5 Å². The third-order valence-corrected chi connectivity index (χ3v) is 4.51. The number of pyridine rings is 1. The first-order valence-electron chi connectivity index (χ1n) is 8.79. The van der Waals surface area contributed by atoms with E-state index in [9.17, 15) is 9.59 Å². The van der Waals surface area contributed by atoms with E-state index in [1.54, 1.807) is 38.2 Å². The molecule has 0 saturated carbocycles. The molecule has 2 amide bonds. The fourth-order valence-electron chi connectivity index (χ4n) is 2.63. The molecule has 0 aliphatic rings. The number of amides is 2. The standard InChI is InChI=1S/C21H27N3O2/c1-16-5-7-18(8-6-16)15-23-19(25)21(2,3)20(26)24(4)14-11-17-9-12-22-13-10-17/h5-10,12-13H,11,14-15H2,1-4H3,(H,23,25). The van der Waals surface area contributed by atoms with E-state index >= 15 is 0 Å². The normalized spacial score (nSPS) is 11.1. The number of benzene rings is 1. The van der Waals surface area contributed by atoms with Crippen LogP contribution in [0.15, 0.2) is 48.8 Å². The fraction of sp³-hybridized carbons (Fsp3) is 0.381. The molecule has 26 heavy (non-hydrogen) atoms. The Balaban J connectivity index is 1.90. The van der Waals surface area contributed by atoms with Crippen molar-refractivity contribution < 1.29 is 9.59 Å². The number of carbonyl (C=O) groups excluding carboxylic acids is 2. The van der Waals surface area contributed by atoms with Crippen LogP contribution in [0, 0.1) is 12.3 Å². The zero-order valence-corrected chi connectivity index (χ0v) is 16.0. The van der Waals surface area contributed by atoms with Crippen molar-refractivity contribution in [2.24, 2.45) is 5.41 Å². The molecule has 2 aromatic rings. The van der Waals surface area contributed by atoms with Gasteiger partial charge in [-0.1, -0.05) is 29.8 Å². The SMILES string of the molecule is Cc1ccc(CNC(=O)C(C)(C)C(=O)N(C)CCc2ccncc2)cc1. The highest BCUT2D eigenvalue weighted by Crippen LogP contribution is 2.19. The molecule has 5 nitrogen and oxygen atoms in total. The molecule has 2 rings (SSSR count). The minimum Gasteiger partial charge on any atom is -0.351 e. The molecule has 1 N–H and O–H groups in total. The lowest BCUT2D eigenvalue weighted by Gasteiger charge is -2.28. The number of likely N-dealkylation sites (N-methyl/N-ethyl adjacent to an activating group) is 1. The van der Waals surface area contributed by atoms with Crippen molar-refractivity contribution in [1.29, 1.82) is 0 Å². The number of rotatable bonds is 7. The van der Waals surface area contributed by atoms with Gasteiger partial charge in [0.2, 0.25) is 11.8 Å². The van der Waals surface area contributed by atoms with Crippen LogP contribution < -0.4 is 5.32 Å². The summed E-state index contributed by atoms with van der Waals surface area (Å²) in [5, 5.41) is 2.87. The van der Waals surface area contributed by atoms with Gasteiger partial charge in [-0.3, -0.25) is 14.6 Å². The second-order valence-corrected chi connectivity index (χ2v) is 7.13.